The van der Waals surface area contributed by atoms with E-state index in [0.29, 0.717) is 12.0 Å². The van der Waals surface area contributed by atoms with Crippen LogP contribution in [-0.4, -0.2) is 75.4 Å². The van der Waals surface area contributed by atoms with E-state index in [1.807, 2.05) is 30.3 Å². The fourth-order valence-corrected chi connectivity index (χ4v) is 5.28. The lowest BCUT2D eigenvalue weighted by molar-refractivity contribution is -0.159. The van der Waals surface area contributed by atoms with E-state index in [2.05, 4.69) is 17.6 Å². The number of aromatic hydroxyl groups is 1. The maximum absolute atomic E-state index is 14.5. The fourth-order valence-electron chi connectivity index (χ4n) is 5.28. The highest BCUT2D eigenvalue weighted by Gasteiger charge is 2.39. The molecule has 0 bridgehead atoms. The second-order valence-electron chi connectivity index (χ2n) is 14.4. The molecule has 0 aromatic heterocycles. The molecule has 0 radical (unpaired) electrons. The number of nitrogens with one attached hydrogen (secondary N) is 2. The van der Waals surface area contributed by atoms with Gasteiger partial charge < -0.3 is 35.2 Å². The predicted molar refractivity (Wildman–Crippen MR) is 189 cm³/mol. The van der Waals surface area contributed by atoms with E-state index in [-0.39, 0.29) is 24.3 Å². The van der Waals surface area contributed by atoms with Gasteiger partial charge in [-0.2, -0.15) is 0 Å². The van der Waals surface area contributed by atoms with Gasteiger partial charge in [-0.3, -0.25) is 9.59 Å². The summed E-state index contributed by atoms with van der Waals surface area (Å²) in [6.07, 6.45) is 4.54. The third kappa shape index (κ3) is 14.1. The molecule has 0 fully saturated rings. The molecule has 3 unspecified atom stereocenters. The number of ether oxygens (including phenoxy) is 2. The van der Waals surface area contributed by atoms with Gasteiger partial charge >= 0.3 is 12.1 Å². The van der Waals surface area contributed by atoms with Crippen LogP contribution >= 0.6 is 0 Å². The number of aliphatic hydroxyl groups excluding tert-OH is 1. The molecule has 0 aliphatic rings. The van der Waals surface area contributed by atoms with Crippen molar-refractivity contribution in [2.24, 2.45) is 0 Å². The van der Waals surface area contributed by atoms with E-state index in [0.717, 1.165) is 37.7 Å². The van der Waals surface area contributed by atoms with Crippen molar-refractivity contribution in [1.82, 2.24) is 15.5 Å². The fraction of sp³-hybridized carbons (Fsp3) is 0.579. The quantitative estimate of drug-likeness (QED) is 0.119. The minimum absolute atomic E-state index is 0.0682. The number of unbranched alkanes of at least 4 members (excludes halogenated alkanes) is 5. The number of rotatable bonds is 17. The Morgan fingerprint density at radius 2 is 1.41 bits per heavy atom. The number of phenols is 1. The Labute approximate surface area is 291 Å². The minimum Gasteiger partial charge on any atom is -0.507 e. The number of amides is 3. The van der Waals surface area contributed by atoms with Gasteiger partial charge in [0.1, 0.15) is 35.1 Å². The number of carbonyl (C=O) groups is 4. The van der Waals surface area contributed by atoms with Gasteiger partial charge in [-0.25, -0.2) is 9.59 Å². The highest BCUT2D eigenvalue weighted by Crippen LogP contribution is 2.33. The van der Waals surface area contributed by atoms with Crippen molar-refractivity contribution in [1.29, 1.82) is 0 Å². The molecule has 0 saturated heterocycles. The molecular formula is C38H57N3O8. The van der Waals surface area contributed by atoms with Crippen molar-refractivity contribution in [3.8, 4) is 5.75 Å². The number of para-hydroxylation sites is 1. The summed E-state index contributed by atoms with van der Waals surface area (Å²) < 4.78 is 11.0. The molecular weight excluding hydrogens is 626 g/mol. The molecule has 2 aromatic rings. The molecule has 2 rings (SSSR count). The molecule has 0 aliphatic carbocycles. The number of carbonyl (C=O) groups excluding carboxylic acids is 4. The number of hydrogen-bond acceptors (Lipinski definition) is 8. The molecule has 49 heavy (non-hydrogen) atoms. The molecule has 0 saturated carbocycles. The summed E-state index contributed by atoms with van der Waals surface area (Å²) in [6.45, 7) is 13.3. The predicted octanol–water partition coefficient (Wildman–Crippen LogP) is 5.89. The first kappa shape index (κ1) is 41.1. The lowest BCUT2D eigenvalue weighted by Crippen LogP contribution is -2.56. The maximum atomic E-state index is 14.5. The van der Waals surface area contributed by atoms with Gasteiger partial charge in [0.2, 0.25) is 11.8 Å². The van der Waals surface area contributed by atoms with Crippen molar-refractivity contribution in [2.75, 3.05) is 13.2 Å². The summed E-state index contributed by atoms with van der Waals surface area (Å²) in [4.78, 5) is 56.3. The average molecular weight is 684 g/mol. The first-order valence-electron chi connectivity index (χ1n) is 17.2. The van der Waals surface area contributed by atoms with Crippen LogP contribution in [0.1, 0.15) is 110 Å². The van der Waals surface area contributed by atoms with Gasteiger partial charge in [-0.1, -0.05) is 87.6 Å². The third-order valence-electron chi connectivity index (χ3n) is 7.62. The van der Waals surface area contributed by atoms with E-state index in [1.165, 1.54) is 4.90 Å². The van der Waals surface area contributed by atoms with E-state index >= 15 is 0 Å². The largest absolute Gasteiger partial charge is 0.507 e. The Balaban J connectivity index is 2.62. The Morgan fingerprint density at radius 1 is 0.796 bits per heavy atom. The highest BCUT2D eigenvalue weighted by molar-refractivity contribution is 5.94. The number of aliphatic hydroxyl groups is 1. The van der Waals surface area contributed by atoms with Gasteiger partial charge in [0.25, 0.3) is 0 Å². The van der Waals surface area contributed by atoms with Crippen LogP contribution in [0.5, 0.6) is 5.75 Å². The summed E-state index contributed by atoms with van der Waals surface area (Å²) in [5.41, 5.74) is -0.326. The smallest absolute Gasteiger partial charge is 0.408 e. The SMILES string of the molecule is CCCCCCCCN(C(=O)C(CO)NC(=O)OC(C)(C)C)C(C(=O)NC(Cc1ccccc1)C(=O)OC(C)(C)C)c1cccc(C)c1O. The number of hydrogen-bond donors (Lipinski definition) is 4. The van der Waals surface area contributed by atoms with Crippen LogP contribution in [0.15, 0.2) is 48.5 Å². The van der Waals surface area contributed by atoms with Gasteiger partial charge in [-0.15, -0.1) is 0 Å². The Kier molecular flexibility index (Phi) is 16.1. The van der Waals surface area contributed by atoms with Crippen molar-refractivity contribution in [2.45, 2.75) is 130 Å². The molecule has 4 N–H and O–H groups in total. The monoisotopic (exact) mass is 683 g/mol. The van der Waals surface area contributed by atoms with Gasteiger partial charge in [-0.05, 0) is 66.0 Å². The second-order valence-corrected chi connectivity index (χ2v) is 14.4. The zero-order chi connectivity index (χ0) is 36.8. The summed E-state index contributed by atoms with van der Waals surface area (Å²) in [5.74, 6) is -2.34. The number of aryl methyl sites for hydroxylation is 1. The maximum Gasteiger partial charge on any atom is 0.408 e. The number of nitrogens with zero attached hydrogens (tertiary/aromatic N) is 1. The summed E-state index contributed by atoms with van der Waals surface area (Å²) in [7, 11) is 0. The molecule has 272 valence electrons. The number of phenolic OH excluding ortho intramolecular Hbond substituents is 1. The van der Waals surface area contributed by atoms with Crippen LogP contribution in [-0.2, 0) is 30.3 Å². The summed E-state index contributed by atoms with van der Waals surface area (Å²) >= 11 is 0. The molecule has 0 spiro atoms. The van der Waals surface area contributed by atoms with Crippen LogP contribution < -0.4 is 10.6 Å². The Bertz CT molecular complexity index is 1370. The minimum atomic E-state index is -1.46. The first-order chi connectivity index (χ1) is 23.0. The van der Waals surface area contributed by atoms with Crippen molar-refractivity contribution < 1.29 is 38.9 Å². The van der Waals surface area contributed by atoms with Crippen molar-refractivity contribution in [3.05, 3.63) is 65.2 Å². The van der Waals surface area contributed by atoms with Gasteiger partial charge in [0, 0.05) is 18.5 Å². The first-order valence-corrected chi connectivity index (χ1v) is 17.2. The summed E-state index contributed by atoms with van der Waals surface area (Å²) in [5, 5.41) is 26.8. The topological polar surface area (TPSA) is 154 Å². The van der Waals surface area contributed by atoms with E-state index in [1.54, 1.807) is 66.7 Å². The zero-order valence-corrected chi connectivity index (χ0v) is 30.5. The number of alkyl carbamates (subject to hydrolysis) is 1. The molecule has 3 atom stereocenters. The van der Waals surface area contributed by atoms with Crippen molar-refractivity contribution >= 4 is 23.9 Å². The van der Waals surface area contributed by atoms with E-state index < -0.39 is 59.8 Å². The Hall–Kier alpha value is -4.12. The molecule has 2 aromatic carbocycles. The van der Waals surface area contributed by atoms with Crippen LogP contribution in [0.25, 0.3) is 0 Å². The lowest BCUT2D eigenvalue weighted by atomic mass is 9.97. The van der Waals surface area contributed by atoms with E-state index in [4.69, 9.17) is 9.47 Å². The van der Waals surface area contributed by atoms with E-state index in [9.17, 15) is 29.4 Å². The standard InChI is InChI=1S/C38H57N3O8/c1-9-10-11-12-13-17-23-41(34(45)30(25-42)40-36(47)49-38(6,7)8)31(28-22-18-19-26(2)32(28)43)33(44)39-29(35(46)48-37(3,4)5)24-27-20-15-14-16-21-27/h14-16,18-22,29-31,42-43H,9-13,17,23-25H2,1-8H3,(H,39,44)(H,40,47). The molecule has 11 heteroatoms. The normalized spacial score (nSPS) is 13.5. The van der Waals surface area contributed by atoms with Gasteiger partial charge in [0.05, 0.1) is 6.61 Å². The van der Waals surface area contributed by atoms with Crippen molar-refractivity contribution in [3.63, 3.8) is 0 Å². The van der Waals surface area contributed by atoms with Crippen LogP contribution in [0.4, 0.5) is 4.79 Å². The average Bonchev–Trinajstić information content (AvgIpc) is 3.01. The second kappa shape index (κ2) is 19.2. The molecule has 0 aliphatic heterocycles. The molecule has 11 nitrogen and oxygen atoms in total. The third-order valence-corrected chi connectivity index (χ3v) is 7.62. The molecule has 0 heterocycles. The summed E-state index contributed by atoms with van der Waals surface area (Å²) in [6, 6.07) is 10.0. The van der Waals surface area contributed by atoms with Crippen LogP contribution in [0, 0.1) is 6.92 Å². The van der Waals surface area contributed by atoms with Crippen LogP contribution in [0.2, 0.25) is 0 Å². The highest BCUT2D eigenvalue weighted by atomic mass is 16.6. The number of benzene rings is 2. The zero-order valence-electron chi connectivity index (χ0n) is 30.5. The van der Waals surface area contributed by atoms with Crippen LogP contribution in [0.3, 0.4) is 0 Å². The lowest BCUT2D eigenvalue weighted by Gasteiger charge is -2.35. The van der Waals surface area contributed by atoms with Gasteiger partial charge in [0.15, 0.2) is 0 Å². The Morgan fingerprint density at radius 3 is 2.00 bits per heavy atom. The number of esters is 1. The molecule has 3 amide bonds.